The van der Waals surface area contributed by atoms with Gasteiger partial charge in [0.1, 0.15) is 22.0 Å². The molecule has 100 valence electrons. The molecule has 1 aromatic heterocycles. The molecule has 1 aliphatic rings. The molecule has 2 heterocycles. The van der Waals surface area contributed by atoms with Gasteiger partial charge in [0.25, 0.3) is 5.91 Å². The van der Waals surface area contributed by atoms with Crippen LogP contribution in [0.1, 0.15) is 16.7 Å². The molecule has 1 amide bonds. The minimum absolute atomic E-state index is 0.0633. The maximum absolute atomic E-state index is 11.1. The summed E-state index contributed by atoms with van der Waals surface area (Å²) in [5, 5.41) is 28.4. The Morgan fingerprint density at radius 3 is 2.67 bits per heavy atom. The van der Waals surface area contributed by atoms with Crippen LogP contribution in [0.15, 0.2) is 6.33 Å². The fourth-order valence-electron chi connectivity index (χ4n) is 1.80. The molecule has 5 N–H and O–H groups in total. The highest BCUT2D eigenvalue weighted by Crippen LogP contribution is 2.31. The van der Waals surface area contributed by atoms with E-state index in [1.54, 1.807) is 0 Å². The molecule has 0 aromatic carbocycles. The quantitative estimate of drug-likeness (QED) is 0.465. The van der Waals surface area contributed by atoms with E-state index in [9.17, 15) is 15.0 Å². The first-order valence-corrected chi connectivity index (χ1v) is 6.19. The van der Waals surface area contributed by atoms with E-state index in [2.05, 4.69) is 4.98 Å². The minimum atomic E-state index is -1.22. The van der Waals surface area contributed by atoms with Crippen LogP contribution in [-0.2, 0) is 4.74 Å². The number of nitrogens with zero attached hydrogens (tertiary/aromatic N) is 2. The molecule has 18 heavy (non-hydrogen) atoms. The second kappa shape index (κ2) is 5.09. The zero-order valence-corrected chi connectivity index (χ0v) is 11.3. The van der Waals surface area contributed by atoms with Crippen LogP contribution in [0.25, 0.3) is 0 Å². The first kappa shape index (κ1) is 13.7. The average Bonchev–Trinajstić information content (AvgIpc) is 2.82. The predicted octanol–water partition coefficient (Wildman–Crippen LogP) is -1.80. The fraction of sp³-hybridized carbons (Fsp3) is 0.556. The molecule has 0 spiro atoms. The monoisotopic (exact) mass is 369 g/mol. The van der Waals surface area contributed by atoms with Crippen molar-refractivity contribution in [3.63, 3.8) is 0 Å². The lowest BCUT2D eigenvalue weighted by atomic mass is 10.1. The van der Waals surface area contributed by atoms with Crippen LogP contribution < -0.4 is 5.73 Å². The molecule has 1 saturated heterocycles. The van der Waals surface area contributed by atoms with Gasteiger partial charge in [-0.25, -0.2) is 4.98 Å². The molecule has 0 saturated carbocycles. The number of aromatic nitrogens is 2. The van der Waals surface area contributed by atoms with Gasteiger partial charge in [0.05, 0.1) is 12.9 Å². The van der Waals surface area contributed by atoms with E-state index < -0.39 is 37.1 Å². The van der Waals surface area contributed by atoms with Crippen molar-refractivity contribution in [1.82, 2.24) is 9.55 Å². The van der Waals surface area contributed by atoms with Gasteiger partial charge in [-0.1, -0.05) is 0 Å². The van der Waals surface area contributed by atoms with Crippen LogP contribution in [0.2, 0.25) is 0 Å². The van der Waals surface area contributed by atoms with Crippen molar-refractivity contribution in [3.05, 3.63) is 15.7 Å². The zero-order chi connectivity index (χ0) is 13.4. The maximum atomic E-state index is 11.1. The summed E-state index contributed by atoms with van der Waals surface area (Å²) < 4.78 is 7.10. The lowest BCUT2D eigenvalue weighted by Crippen LogP contribution is -2.33. The van der Waals surface area contributed by atoms with Crippen molar-refractivity contribution in [2.45, 2.75) is 24.5 Å². The van der Waals surface area contributed by atoms with Gasteiger partial charge in [-0.2, -0.15) is 0 Å². The molecule has 0 unspecified atom stereocenters. The van der Waals surface area contributed by atoms with Gasteiger partial charge < -0.3 is 25.8 Å². The largest absolute Gasteiger partial charge is 0.394 e. The van der Waals surface area contributed by atoms with E-state index in [0.29, 0.717) is 3.70 Å². The molecule has 0 radical (unpaired) electrons. The third-order valence-corrected chi connectivity index (χ3v) is 3.83. The number of nitrogens with two attached hydrogens (primary N) is 1. The Kier molecular flexibility index (Phi) is 3.87. The topological polar surface area (TPSA) is 131 Å². The van der Waals surface area contributed by atoms with Crippen molar-refractivity contribution in [1.29, 1.82) is 0 Å². The van der Waals surface area contributed by atoms with E-state index in [4.69, 9.17) is 15.6 Å². The first-order valence-electron chi connectivity index (χ1n) is 5.12. The van der Waals surface area contributed by atoms with Gasteiger partial charge >= 0.3 is 0 Å². The van der Waals surface area contributed by atoms with Crippen LogP contribution in [-0.4, -0.2) is 55.7 Å². The Hall–Kier alpha value is -0.750. The summed E-state index contributed by atoms with van der Waals surface area (Å²) in [6.45, 7) is -0.414. The van der Waals surface area contributed by atoms with Gasteiger partial charge in [-0.05, 0) is 22.6 Å². The van der Waals surface area contributed by atoms with Crippen LogP contribution in [0, 0.1) is 3.70 Å². The number of hydrogen-bond acceptors (Lipinski definition) is 6. The summed E-state index contributed by atoms with van der Waals surface area (Å²) in [6, 6.07) is 0. The summed E-state index contributed by atoms with van der Waals surface area (Å²) in [6.07, 6.45) is -2.91. The maximum Gasteiger partial charge on any atom is 0.270 e. The molecule has 1 fully saturated rings. The van der Waals surface area contributed by atoms with E-state index in [1.807, 2.05) is 22.6 Å². The Morgan fingerprint density at radius 1 is 1.56 bits per heavy atom. The standard InChI is InChI=1S/C9H12IN3O5/c10-7-4(8(11)17)12-2-13(7)9-6(16)5(15)3(1-14)18-9/h2-3,5-6,9,14-16H,1H2,(H2,11,17)/t3-,5-,6-,9-/m1/s1. The summed E-state index contributed by atoms with van der Waals surface area (Å²) >= 11 is 1.84. The lowest BCUT2D eigenvalue weighted by Gasteiger charge is -2.17. The number of aliphatic hydroxyl groups is 3. The summed E-state index contributed by atoms with van der Waals surface area (Å²) in [4.78, 5) is 14.9. The number of hydrogen-bond donors (Lipinski definition) is 4. The van der Waals surface area contributed by atoms with Gasteiger partial charge in [0.2, 0.25) is 0 Å². The van der Waals surface area contributed by atoms with Gasteiger partial charge in [-0.15, -0.1) is 0 Å². The van der Waals surface area contributed by atoms with Crippen molar-refractivity contribution in [2.24, 2.45) is 5.73 Å². The Labute approximate surface area is 116 Å². The highest BCUT2D eigenvalue weighted by atomic mass is 127. The van der Waals surface area contributed by atoms with Crippen molar-refractivity contribution in [3.8, 4) is 0 Å². The van der Waals surface area contributed by atoms with Crippen molar-refractivity contribution >= 4 is 28.5 Å². The number of rotatable bonds is 3. The van der Waals surface area contributed by atoms with Gasteiger partial charge in [0.15, 0.2) is 11.9 Å². The SMILES string of the molecule is NC(=O)c1ncn([C@@H]2O[C@H](CO)[C@@H](O)[C@H]2O)c1I. The van der Waals surface area contributed by atoms with Gasteiger partial charge in [-0.3, -0.25) is 9.36 Å². The molecule has 1 aromatic rings. The number of ether oxygens (including phenoxy) is 1. The molecule has 9 heteroatoms. The molecule has 4 atom stereocenters. The van der Waals surface area contributed by atoms with E-state index in [1.165, 1.54) is 10.9 Å². The highest BCUT2D eigenvalue weighted by molar-refractivity contribution is 14.1. The normalized spacial score (nSPS) is 31.8. The highest BCUT2D eigenvalue weighted by Gasteiger charge is 2.44. The van der Waals surface area contributed by atoms with Crippen LogP contribution in [0.5, 0.6) is 0 Å². The van der Waals surface area contributed by atoms with E-state index >= 15 is 0 Å². The zero-order valence-electron chi connectivity index (χ0n) is 9.10. The number of amides is 1. The average molecular weight is 369 g/mol. The lowest BCUT2D eigenvalue weighted by molar-refractivity contribution is -0.0539. The van der Waals surface area contributed by atoms with Gasteiger partial charge in [0, 0.05) is 0 Å². The Balaban J connectivity index is 2.30. The van der Waals surface area contributed by atoms with Crippen molar-refractivity contribution in [2.75, 3.05) is 6.61 Å². The second-order valence-electron chi connectivity index (χ2n) is 3.88. The number of imidazole rings is 1. The van der Waals surface area contributed by atoms with Crippen LogP contribution in [0.4, 0.5) is 0 Å². The van der Waals surface area contributed by atoms with Crippen molar-refractivity contribution < 1.29 is 24.9 Å². The molecule has 2 rings (SSSR count). The molecule has 1 aliphatic heterocycles. The van der Waals surface area contributed by atoms with E-state index in [0.717, 1.165) is 0 Å². The molecule has 0 aliphatic carbocycles. The smallest absolute Gasteiger partial charge is 0.270 e. The number of aliphatic hydroxyl groups excluding tert-OH is 3. The summed E-state index contributed by atoms with van der Waals surface area (Å²) in [7, 11) is 0. The number of halogens is 1. The molecular formula is C9H12IN3O5. The van der Waals surface area contributed by atoms with Crippen LogP contribution in [0.3, 0.4) is 0 Å². The summed E-state index contributed by atoms with van der Waals surface area (Å²) in [5.74, 6) is -0.690. The van der Waals surface area contributed by atoms with Crippen LogP contribution >= 0.6 is 22.6 Å². The fourth-order valence-corrected chi connectivity index (χ4v) is 2.60. The third-order valence-electron chi connectivity index (χ3n) is 2.76. The second-order valence-corrected chi connectivity index (χ2v) is 4.91. The van der Waals surface area contributed by atoms with E-state index in [-0.39, 0.29) is 5.69 Å². The first-order chi connectivity index (χ1) is 8.47. The number of carbonyl (C=O) groups excluding carboxylic acids is 1. The Morgan fingerprint density at radius 2 is 2.22 bits per heavy atom. The summed E-state index contributed by atoms with van der Waals surface area (Å²) in [5.41, 5.74) is 5.19. The Bertz CT molecular complexity index is 465. The number of carbonyl (C=O) groups is 1. The predicted molar refractivity (Wildman–Crippen MR) is 66.5 cm³/mol. The molecule has 0 bridgehead atoms. The number of primary amides is 1. The third kappa shape index (κ3) is 2.12. The molecular weight excluding hydrogens is 357 g/mol. The molecule has 8 nitrogen and oxygen atoms in total. The minimum Gasteiger partial charge on any atom is -0.394 e.